The summed E-state index contributed by atoms with van der Waals surface area (Å²) < 4.78 is 0. The van der Waals surface area contributed by atoms with Crippen LogP contribution in [0.1, 0.15) is 20.8 Å². The molecule has 0 aliphatic carbocycles. The van der Waals surface area contributed by atoms with Gasteiger partial charge in [-0.2, -0.15) is 0 Å². The fourth-order valence-electron chi connectivity index (χ4n) is 0.429. The number of hydrogen-bond acceptors (Lipinski definition) is 4. The summed E-state index contributed by atoms with van der Waals surface area (Å²) in [6, 6.07) is 0. The predicted molar refractivity (Wildman–Crippen MR) is 41.6 cm³/mol. The third-order valence-corrected chi connectivity index (χ3v) is 0.723. The molecule has 0 aromatic carbocycles. The highest BCUT2D eigenvalue weighted by Crippen LogP contribution is 1.97. The van der Waals surface area contributed by atoms with Gasteiger partial charge in [0.15, 0.2) is 0 Å². The zero-order chi connectivity index (χ0) is 8.91. The number of carbonyl (C=O) groups is 1. The SMILES string of the molecule is CNNOC(=O)NC(C)(C)C. The van der Waals surface area contributed by atoms with Crippen molar-refractivity contribution in [2.75, 3.05) is 7.05 Å². The van der Waals surface area contributed by atoms with Gasteiger partial charge in [-0.1, -0.05) is 5.59 Å². The van der Waals surface area contributed by atoms with Gasteiger partial charge in [-0.3, -0.25) is 0 Å². The van der Waals surface area contributed by atoms with Gasteiger partial charge >= 0.3 is 6.09 Å². The summed E-state index contributed by atoms with van der Waals surface area (Å²) in [4.78, 5) is 15.2. The first-order valence-corrected chi connectivity index (χ1v) is 3.36. The summed E-state index contributed by atoms with van der Waals surface area (Å²) in [7, 11) is 1.60. The Morgan fingerprint density at radius 3 is 2.27 bits per heavy atom. The van der Waals surface area contributed by atoms with E-state index in [0.29, 0.717) is 0 Å². The topological polar surface area (TPSA) is 62.4 Å². The normalized spacial score (nSPS) is 10.9. The summed E-state index contributed by atoms with van der Waals surface area (Å²) in [5, 5.41) is 2.59. The molecule has 0 aromatic heterocycles. The van der Waals surface area contributed by atoms with Gasteiger partial charge in [0.25, 0.3) is 0 Å². The van der Waals surface area contributed by atoms with Crippen LogP contribution in [-0.4, -0.2) is 18.7 Å². The van der Waals surface area contributed by atoms with Crippen LogP contribution in [0.3, 0.4) is 0 Å². The van der Waals surface area contributed by atoms with Crippen molar-refractivity contribution in [3.63, 3.8) is 0 Å². The zero-order valence-electron chi connectivity index (χ0n) is 7.32. The maximum Gasteiger partial charge on any atom is 0.427 e. The molecule has 0 saturated carbocycles. The third kappa shape index (κ3) is 7.08. The molecular weight excluding hydrogens is 146 g/mol. The fraction of sp³-hybridized carbons (Fsp3) is 0.833. The van der Waals surface area contributed by atoms with Crippen molar-refractivity contribution in [3.05, 3.63) is 0 Å². The van der Waals surface area contributed by atoms with Crippen molar-refractivity contribution in [3.8, 4) is 0 Å². The number of rotatable bonds is 2. The van der Waals surface area contributed by atoms with Crippen LogP contribution >= 0.6 is 0 Å². The Bertz CT molecular complexity index is 130. The van der Waals surface area contributed by atoms with Crippen molar-refractivity contribution in [1.82, 2.24) is 16.3 Å². The average molecular weight is 161 g/mol. The second-order valence-electron chi connectivity index (χ2n) is 3.12. The lowest BCUT2D eigenvalue weighted by molar-refractivity contribution is 0.0644. The Balaban J connectivity index is 3.53. The van der Waals surface area contributed by atoms with Gasteiger partial charge in [0, 0.05) is 12.6 Å². The highest BCUT2D eigenvalue weighted by Gasteiger charge is 2.13. The van der Waals surface area contributed by atoms with Crippen LogP contribution in [0.4, 0.5) is 4.79 Å². The van der Waals surface area contributed by atoms with Crippen LogP contribution in [0.25, 0.3) is 0 Å². The van der Waals surface area contributed by atoms with Crippen molar-refractivity contribution < 1.29 is 9.63 Å². The number of amides is 1. The standard InChI is InChI=1S/C6H15N3O2/c1-6(2,3)8-5(10)11-9-7-4/h7,9H,1-4H3,(H,8,10). The first-order chi connectivity index (χ1) is 4.95. The minimum Gasteiger partial charge on any atom is -0.338 e. The Labute approximate surface area is 66.4 Å². The molecule has 0 radical (unpaired) electrons. The van der Waals surface area contributed by atoms with Crippen LogP contribution in [0.15, 0.2) is 0 Å². The molecule has 0 heterocycles. The molecular formula is C6H15N3O2. The maximum absolute atomic E-state index is 10.8. The monoisotopic (exact) mass is 161 g/mol. The van der Waals surface area contributed by atoms with Crippen molar-refractivity contribution >= 4 is 6.09 Å². The van der Waals surface area contributed by atoms with Gasteiger partial charge < -0.3 is 10.2 Å². The molecule has 1 amide bonds. The van der Waals surface area contributed by atoms with Gasteiger partial charge in [-0.25, -0.2) is 10.2 Å². The van der Waals surface area contributed by atoms with Crippen LogP contribution in [-0.2, 0) is 4.84 Å². The lowest BCUT2D eigenvalue weighted by atomic mass is 10.1. The van der Waals surface area contributed by atoms with E-state index in [-0.39, 0.29) is 5.54 Å². The molecule has 3 N–H and O–H groups in total. The van der Waals surface area contributed by atoms with Gasteiger partial charge in [0.05, 0.1) is 0 Å². The van der Waals surface area contributed by atoms with E-state index in [1.807, 2.05) is 20.8 Å². The summed E-state index contributed by atoms with van der Waals surface area (Å²) in [6.07, 6.45) is -0.508. The van der Waals surface area contributed by atoms with E-state index >= 15 is 0 Å². The summed E-state index contributed by atoms with van der Waals surface area (Å²) in [5.41, 5.74) is 4.39. The lowest BCUT2D eigenvalue weighted by Crippen LogP contribution is -2.44. The van der Waals surface area contributed by atoms with Gasteiger partial charge in [0.1, 0.15) is 0 Å². The van der Waals surface area contributed by atoms with E-state index in [9.17, 15) is 4.79 Å². The smallest absolute Gasteiger partial charge is 0.338 e. The number of nitrogens with one attached hydrogen (secondary N) is 3. The maximum atomic E-state index is 10.8. The number of hydrogen-bond donors (Lipinski definition) is 3. The van der Waals surface area contributed by atoms with E-state index in [2.05, 4.69) is 21.2 Å². The summed E-state index contributed by atoms with van der Waals surface area (Å²) in [5.74, 6) is 0. The van der Waals surface area contributed by atoms with Crippen molar-refractivity contribution in [2.24, 2.45) is 0 Å². The van der Waals surface area contributed by atoms with E-state index in [1.54, 1.807) is 7.05 Å². The molecule has 11 heavy (non-hydrogen) atoms. The lowest BCUT2D eigenvalue weighted by Gasteiger charge is -2.19. The predicted octanol–water partition coefficient (Wildman–Crippen LogP) is 0.150. The highest BCUT2D eigenvalue weighted by molar-refractivity contribution is 5.67. The molecule has 0 atom stereocenters. The minimum atomic E-state index is -0.508. The van der Waals surface area contributed by atoms with Crippen molar-refractivity contribution in [1.29, 1.82) is 0 Å². The number of hydrazine groups is 1. The van der Waals surface area contributed by atoms with Gasteiger partial charge in [-0.15, -0.1) is 0 Å². The molecule has 5 heteroatoms. The van der Waals surface area contributed by atoms with Gasteiger partial charge in [0.2, 0.25) is 0 Å². The second kappa shape index (κ2) is 4.15. The Morgan fingerprint density at radius 1 is 1.36 bits per heavy atom. The molecule has 0 fully saturated rings. The molecule has 0 aliphatic rings. The van der Waals surface area contributed by atoms with Crippen LogP contribution in [0, 0.1) is 0 Å². The van der Waals surface area contributed by atoms with Crippen LogP contribution < -0.4 is 16.3 Å². The third-order valence-electron chi connectivity index (χ3n) is 0.723. The molecule has 0 rings (SSSR count). The summed E-state index contributed by atoms with van der Waals surface area (Å²) >= 11 is 0. The minimum absolute atomic E-state index is 0.271. The molecule has 0 spiro atoms. The molecule has 5 nitrogen and oxygen atoms in total. The zero-order valence-corrected chi connectivity index (χ0v) is 7.32. The van der Waals surface area contributed by atoms with E-state index < -0.39 is 6.09 Å². The Hall–Kier alpha value is -0.810. The largest absolute Gasteiger partial charge is 0.427 e. The second-order valence-corrected chi connectivity index (χ2v) is 3.12. The van der Waals surface area contributed by atoms with Crippen LogP contribution in [0.2, 0.25) is 0 Å². The number of carbonyl (C=O) groups excluding carboxylic acids is 1. The average Bonchev–Trinajstić information content (AvgIpc) is 1.79. The van der Waals surface area contributed by atoms with E-state index in [4.69, 9.17) is 0 Å². The molecule has 0 saturated heterocycles. The Kier molecular flexibility index (Phi) is 3.84. The molecule has 0 unspecified atom stereocenters. The Morgan fingerprint density at radius 2 is 1.91 bits per heavy atom. The van der Waals surface area contributed by atoms with E-state index in [0.717, 1.165) is 0 Å². The first kappa shape index (κ1) is 10.2. The fourth-order valence-corrected chi connectivity index (χ4v) is 0.429. The molecule has 0 bridgehead atoms. The van der Waals surface area contributed by atoms with Crippen LogP contribution in [0.5, 0.6) is 0 Å². The quantitative estimate of drug-likeness (QED) is 0.504. The van der Waals surface area contributed by atoms with Crippen molar-refractivity contribution in [2.45, 2.75) is 26.3 Å². The molecule has 0 aliphatic heterocycles. The molecule has 0 aromatic rings. The van der Waals surface area contributed by atoms with Gasteiger partial charge in [-0.05, 0) is 20.8 Å². The van der Waals surface area contributed by atoms with E-state index in [1.165, 1.54) is 0 Å². The summed E-state index contributed by atoms with van der Waals surface area (Å²) in [6.45, 7) is 5.61. The molecule has 66 valence electrons. The highest BCUT2D eigenvalue weighted by atomic mass is 16.7. The first-order valence-electron chi connectivity index (χ1n) is 3.36.